The van der Waals surface area contributed by atoms with Gasteiger partial charge in [0, 0.05) is 10.9 Å². The zero-order chi connectivity index (χ0) is 13.7. The van der Waals surface area contributed by atoms with Crippen LogP contribution in [0.15, 0.2) is 15.9 Å². The Morgan fingerprint density at radius 3 is 2.58 bits per heavy atom. The van der Waals surface area contributed by atoms with Gasteiger partial charge in [-0.2, -0.15) is 0 Å². The Balaban J connectivity index is 1.85. The molecule has 1 aliphatic carbocycles. The van der Waals surface area contributed by atoms with E-state index in [4.69, 9.17) is 0 Å². The van der Waals surface area contributed by atoms with Crippen LogP contribution in [0.1, 0.15) is 50.3 Å². The summed E-state index contributed by atoms with van der Waals surface area (Å²) in [6.45, 7) is 2.32. The van der Waals surface area contributed by atoms with E-state index in [1.165, 1.54) is 53.6 Å². The number of likely N-dealkylation sites (N-methyl/N-ethyl adjacent to an activating group) is 1. The molecule has 1 aromatic heterocycles. The van der Waals surface area contributed by atoms with Crippen molar-refractivity contribution in [1.29, 1.82) is 0 Å². The third-order valence-electron chi connectivity index (χ3n) is 4.58. The number of halogens is 1. The standard InChI is InChI=1S/C16H26BrNS/c1-3-4-12-5-7-13(8-6-12)15(18-2)11-14-9-10-16(17)19-14/h9-10,12-13,15,18H,3-8,11H2,1-2H3. The van der Waals surface area contributed by atoms with Crippen molar-refractivity contribution in [1.82, 2.24) is 5.32 Å². The summed E-state index contributed by atoms with van der Waals surface area (Å²) in [5.74, 6) is 1.88. The molecule has 0 aromatic carbocycles. The van der Waals surface area contributed by atoms with Gasteiger partial charge >= 0.3 is 0 Å². The van der Waals surface area contributed by atoms with Gasteiger partial charge in [0.05, 0.1) is 3.79 Å². The van der Waals surface area contributed by atoms with Crippen molar-refractivity contribution >= 4 is 27.3 Å². The zero-order valence-corrected chi connectivity index (χ0v) is 14.5. The fourth-order valence-electron chi connectivity index (χ4n) is 3.47. The zero-order valence-electron chi connectivity index (χ0n) is 12.1. The molecule has 1 N–H and O–H groups in total. The minimum absolute atomic E-state index is 0.660. The predicted molar refractivity (Wildman–Crippen MR) is 88.9 cm³/mol. The minimum atomic E-state index is 0.660. The molecule has 0 amide bonds. The molecule has 19 heavy (non-hydrogen) atoms. The summed E-state index contributed by atoms with van der Waals surface area (Å²) in [5.41, 5.74) is 0. The molecule has 0 saturated heterocycles. The summed E-state index contributed by atoms with van der Waals surface area (Å²) >= 11 is 5.44. The van der Waals surface area contributed by atoms with E-state index in [2.05, 4.69) is 47.4 Å². The summed E-state index contributed by atoms with van der Waals surface area (Å²) in [6.07, 6.45) is 9.72. The van der Waals surface area contributed by atoms with Crippen LogP contribution in [0, 0.1) is 11.8 Å². The smallest absolute Gasteiger partial charge is 0.0701 e. The molecule has 1 saturated carbocycles. The molecule has 0 aliphatic heterocycles. The highest BCUT2D eigenvalue weighted by Crippen LogP contribution is 2.34. The van der Waals surface area contributed by atoms with Gasteiger partial charge in [0.1, 0.15) is 0 Å². The van der Waals surface area contributed by atoms with Crippen molar-refractivity contribution in [3.63, 3.8) is 0 Å². The van der Waals surface area contributed by atoms with Crippen molar-refractivity contribution in [2.75, 3.05) is 7.05 Å². The lowest BCUT2D eigenvalue weighted by atomic mass is 9.76. The van der Waals surface area contributed by atoms with Gasteiger partial charge in [0.15, 0.2) is 0 Å². The summed E-state index contributed by atoms with van der Waals surface area (Å²) in [5, 5.41) is 3.57. The molecular formula is C16H26BrNS. The average molecular weight is 344 g/mol. The van der Waals surface area contributed by atoms with Crippen molar-refractivity contribution in [3.8, 4) is 0 Å². The van der Waals surface area contributed by atoms with Gasteiger partial charge in [-0.15, -0.1) is 11.3 Å². The monoisotopic (exact) mass is 343 g/mol. The number of hydrogen-bond acceptors (Lipinski definition) is 2. The molecule has 0 spiro atoms. The quantitative estimate of drug-likeness (QED) is 0.743. The fraction of sp³-hybridized carbons (Fsp3) is 0.750. The topological polar surface area (TPSA) is 12.0 Å². The van der Waals surface area contributed by atoms with Gasteiger partial charge in [-0.3, -0.25) is 0 Å². The second kappa shape index (κ2) is 7.80. The maximum atomic E-state index is 3.57. The van der Waals surface area contributed by atoms with E-state index in [0.717, 1.165) is 11.8 Å². The molecule has 3 heteroatoms. The molecule has 1 aromatic rings. The molecule has 2 rings (SSSR count). The molecular weight excluding hydrogens is 318 g/mol. The summed E-state index contributed by atoms with van der Waals surface area (Å²) in [7, 11) is 2.13. The molecule has 1 aliphatic rings. The van der Waals surface area contributed by atoms with Crippen molar-refractivity contribution in [2.24, 2.45) is 11.8 Å². The van der Waals surface area contributed by atoms with Gasteiger partial charge in [-0.25, -0.2) is 0 Å². The maximum Gasteiger partial charge on any atom is 0.0701 e. The Kier molecular flexibility index (Phi) is 6.37. The van der Waals surface area contributed by atoms with Crippen molar-refractivity contribution in [3.05, 3.63) is 20.8 Å². The van der Waals surface area contributed by atoms with Crippen LogP contribution in [0.4, 0.5) is 0 Å². The van der Waals surface area contributed by atoms with Gasteiger partial charge in [-0.1, -0.05) is 32.6 Å². The van der Waals surface area contributed by atoms with Crippen LogP contribution < -0.4 is 5.32 Å². The van der Waals surface area contributed by atoms with E-state index < -0.39 is 0 Å². The Morgan fingerprint density at radius 1 is 1.32 bits per heavy atom. The highest BCUT2D eigenvalue weighted by Gasteiger charge is 2.26. The Morgan fingerprint density at radius 2 is 2.05 bits per heavy atom. The third kappa shape index (κ3) is 4.57. The van der Waals surface area contributed by atoms with Crippen LogP contribution in [0.25, 0.3) is 0 Å². The molecule has 1 unspecified atom stereocenters. The number of nitrogens with one attached hydrogen (secondary N) is 1. The molecule has 108 valence electrons. The Labute approximate surface area is 130 Å². The van der Waals surface area contributed by atoms with E-state index >= 15 is 0 Å². The Hall–Kier alpha value is 0.140. The summed E-state index contributed by atoms with van der Waals surface area (Å²) in [4.78, 5) is 1.50. The van der Waals surface area contributed by atoms with Crippen LogP contribution in [0.2, 0.25) is 0 Å². The Bertz CT molecular complexity index is 369. The summed E-state index contributed by atoms with van der Waals surface area (Å²) in [6, 6.07) is 5.10. The minimum Gasteiger partial charge on any atom is -0.316 e. The SMILES string of the molecule is CCCC1CCC(C(Cc2ccc(Br)s2)NC)CC1. The largest absolute Gasteiger partial charge is 0.316 e. The number of rotatable bonds is 6. The maximum absolute atomic E-state index is 3.57. The highest BCUT2D eigenvalue weighted by atomic mass is 79.9. The third-order valence-corrected chi connectivity index (χ3v) is 6.22. The normalized spacial score (nSPS) is 25.4. The van der Waals surface area contributed by atoms with Gasteiger partial charge < -0.3 is 5.32 Å². The van der Waals surface area contributed by atoms with Crippen molar-refractivity contribution < 1.29 is 0 Å². The van der Waals surface area contributed by atoms with Gasteiger partial charge in [-0.05, 0) is 66.2 Å². The fourth-order valence-corrected chi connectivity index (χ4v) is 5.01. The molecule has 0 radical (unpaired) electrons. The predicted octanol–water partition coefficient (Wildman–Crippen LogP) is 5.25. The first kappa shape index (κ1) is 15.5. The lowest BCUT2D eigenvalue weighted by Crippen LogP contribution is -2.37. The van der Waals surface area contributed by atoms with Crippen LogP contribution >= 0.6 is 27.3 Å². The molecule has 1 atom stereocenters. The lowest BCUT2D eigenvalue weighted by Gasteiger charge is -2.33. The van der Waals surface area contributed by atoms with Gasteiger partial charge in [0.25, 0.3) is 0 Å². The van der Waals surface area contributed by atoms with Crippen LogP contribution in [-0.4, -0.2) is 13.1 Å². The molecule has 1 heterocycles. The van der Waals surface area contributed by atoms with E-state index in [1.54, 1.807) is 0 Å². The first-order chi connectivity index (χ1) is 9.22. The van der Waals surface area contributed by atoms with E-state index in [9.17, 15) is 0 Å². The average Bonchev–Trinajstić information content (AvgIpc) is 2.83. The van der Waals surface area contributed by atoms with Crippen LogP contribution in [-0.2, 0) is 6.42 Å². The molecule has 1 nitrogen and oxygen atoms in total. The second-order valence-electron chi connectivity index (χ2n) is 5.87. The first-order valence-electron chi connectivity index (χ1n) is 7.64. The highest BCUT2D eigenvalue weighted by molar-refractivity contribution is 9.11. The molecule has 1 fully saturated rings. The van der Waals surface area contributed by atoms with Crippen LogP contribution in [0.3, 0.4) is 0 Å². The number of hydrogen-bond donors (Lipinski definition) is 1. The van der Waals surface area contributed by atoms with Crippen LogP contribution in [0.5, 0.6) is 0 Å². The molecule has 0 bridgehead atoms. The van der Waals surface area contributed by atoms with Gasteiger partial charge in [0.2, 0.25) is 0 Å². The van der Waals surface area contributed by atoms with Crippen molar-refractivity contribution in [2.45, 2.75) is 57.9 Å². The van der Waals surface area contributed by atoms with E-state index in [0.29, 0.717) is 6.04 Å². The summed E-state index contributed by atoms with van der Waals surface area (Å²) < 4.78 is 1.25. The number of thiophene rings is 1. The van der Waals surface area contributed by atoms with E-state index in [-0.39, 0.29) is 0 Å². The first-order valence-corrected chi connectivity index (χ1v) is 9.25. The lowest BCUT2D eigenvalue weighted by molar-refractivity contribution is 0.218. The van der Waals surface area contributed by atoms with E-state index in [1.807, 2.05) is 11.3 Å². The second-order valence-corrected chi connectivity index (χ2v) is 8.42.